The van der Waals surface area contributed by atoms with Crippen molar-refractivity contribution in [2.45, 2.75) is 77.3 Å². The van der Waals surface area contributed by atoms with Crippen LogP contribution >= 0.6 is 0 Å². The van der Waals surface area contributed by atoms with Crippen molar-refractivity contribution in [3.63, 3.8) is 0 Å². The van der Waals surface area contributed by atoms with E-state index in [1.54, 1.807) is 23.8 Å². The van der Waals surface area contributed by atoms with Gasteiger partial charge in [0.05, 0.1) is 24.6 Å². The summed E-state index contributed by atoms with van der Waals surface area (Å²) in [6.07, 6.45) is 10.6. The van der Waals surface area contributed by atoms with Gasteiger partial charge in [0.2, 0.25) is 5.92 Å². The van der Waals surface area contributed by atoms with Gasteiger partial charge in [0.1, 0.15) is 5.69 Å². The van der Waals surface area contributed by atoms with Crippen molar-refractivity contribution in [3.8, 4) is 0 Å². The largest absolute Gasteiger partial charge is 0.345 e. The molecule has 0 aromatic carbocycles. The first-order valence-corrected chi connectivity index (χ1v) is 10.9. The molecule has 5 rings (SSSR count). The van der Waals surface area contributed by atoms with Crippen LogP contribution in [-0.2, 0) is 13.1 Å². The van der Waals surface area contributed by atoms with E-state index >= 15 is 0 Å². The molecule has 32 heavy (non-hydrogen) atoms. The standard InChI is InChI=1S/C12H13N7O2.C6H10F2.C3H6/c1-7-11(18-21-17-7)12(20)14-5-9-6-19-10(16-9)2-8(3-13)4-15-19;7-6(8)4-2-1-3-5-6;1-2-3-1/h2,4,6H,3,5,13H2,1H3,(H,14,20);1-5H2;1-3H2. The zero-order chi connectivity index (χ0) is 23.0. The quantitative estimate of drug-likeness (QED) is 0.624. The summed E-state index contributed by atoms with van der Waals surface area (Å²) in [6, 6.07) is 1.85. The molecule has 2 aliphatic carbocycles. The third kappa shape index (κ3) is 7.33. The highest BCUT2D eigenvalue weighted by Crippen LogP contribution is 2.32. The molecule has 0 saturated heterocycles. The number of nitrogens with one attached hydrogen (secondary N) is 1. The van der Waals surface area contributed by atoms with Gasteiger partial charge in [0.15, 0.2) is 11.3 Å². The fourth-order valence-corrected chi connectivity index (χ4v) is 2.92. The number of amides is 1. The van der Waals surface area contributed by atoms with Gasteiger partial charge in [-0.3, -0.25) is 4.79 Å². The van der Waals surface area contributed by atoms with E-state index in [9.17, 15) is 13.6 Å². The molecule has 0 atom stereocenters. The molecule has 3 aromatic rings. The van der Waals surface area contributed by atoms with Gasteiger partial charge in [-0.2, -0.15) is 5.10 Å². The number of nitrogens with two attached hydrogens (primary N) is 1. The van der Waals surface area contributed by atoms with Crippen LogP contribution < -0.4 is 11.1 Å². The first kappa shape index (κ1) is 23.7. The van der Waals surface area contributed by atoms with Gasteiger partial charge in [-0.15, -0.1) is 0 Å². The highest BCUT2D eigenvalue weighted by Gasteiger charge is 2.30. The molecule has 2 aliphatic rings. The Morgan fingerprint density at radius 1 is 1.19 bits per heavy atom. The number of aryl methyl sites for hydroxylation is 1. The van der Waals surface area contributed by atoms with Crippen LogP contribution in [0.15, 0.2) is 23.1 Å². The van der Waals surface area contributed by atoms with Crippen LogP contribution in [0.5, 0.6) is 0 Å². The lowest BCUT2D eigenvalue weighted by molar-refractivity contribution is -0.0337. The molecule has 9 nitrogen and oxygen atoms in total. The predicted molar refractivity (Wildman–Crippen MR) is 113 cm³/mol. The molecular weight excluding hydrogens is 420 g/mol. The second kappa shape index (κ2) is 11.1. The Bertz CT molecular complexity index is 1010. The lowest BCUT2D eigenvalue weighted by Crippen LogP contribution is -2.24. The lowest BCUT2D eigenvalue weighted by atomic mass is 9.97. The van der Waals surface area contributed by atoms with Crippen molar-refractivity contribution in [1.82, 2.24) is 30.2 Å². The molecule has 3 N–H and O–H groups in total. The van der Waals surface area contributed by atoms with Crippen molar-refractivity contribution in [3.05, 3.63) is 41.1 Å². The smallest absolute Gasteiger partial charge is 0.275 e. The summed E-state index contributed by atoms with van der Waals surface area (Å²) in [5, 5.41) is 14.0. The summed E-state index contributed by atoms with van der Waals surface area (Å²) in [4.78, 5) is 16.2. The monoisotopic (exact) mass is 449 g/mol. The normalized spacial score (nSPS) is 16.4. The Morgan fingerprint density at radius 2 is 1.88 bits per heavy atom. The van der Waals surface area contributed by atoms with Crippen LogP contribution in [0.1, 0.15) is 78.8 Å². The number of hydrogen-bond acceptors (Lipinski definition) is 7. The molecule has 2 fully saturated rings. The molecule has 0 aliphatic heterocycles. The molecule has 1 amide bonds. The molecule has 11 heteroatoms. The number of rotatable bonds is 4. The van der Waals surface area contributed by atoms with E-state index in [2.05, 4.69) is 30.3 Å². The SMILES string of the molecule is C1CC1.Cc1nonc1C(=O)NCc1cn2ncc(CN)cc2n1.FC1(F)CCCCC1. The van der Waals surface area contributed by atoms with E-state index in [-0.39, 0.29) is 31.0 Å². The highest BCUT2D eigenvalue weighted by molar-refractivity contribution is 5.92. The Kier molecular flexibility index (Phi) is 8.20. The van der Waals surface area contributed by atoms with Gasteiger partial charge in [0, 0.05) is 19.4 Å². The Morgan fingerprint density at radius 3 is 2.41 bits per heavy atom. The topological polar surface area (TPSA) is 124 Å². The molecular formula is C21H29F2N7O2. The van der Waals surface area contributed by atoms with Gasteiger partial charge >= 0.3 is 0 Å². The zero-order valence-corrected chi connectivity index (χ0v) is 18.2. The number of fused-ring (bicyclic) bond motifs is 1. The molecule has 2 saturated carbocycles. The number of imidazole rings is 1. The van der Waals surface area contributed by atoms with E-state index in [0.29, 0.717) is 36.4 Å². The number of alkyl halides is 2. The van der Waals surface area contributed by atoms with E-state index in [1.807, 2.05) is 6.07 Å². The molecule has 0 radical (unpaired) electrons. The first-order chi connectivity index (χ1) is 15.4. The maximum Gasteiger partial charge on any atom is 0.275 e. The minimum absolute atomic E-state index is 0.118. The third-order valence-corrected chi connectivity index (χ3v) is 4.90. The molecule has 3 aromatic heterocycles. The van der Waals surface area contributed by atoms with Crippen LogP contribution in [0, 0.1) is 6.92 Å². The molecule has 0 unspecified atom stereocenters. The molecule has 0 spiro atoms. The summed E-state index contributed by atoms with van der Waals surface area (Å²) in [6.45, 7) is 2.31. The van der Waals surface area contributed by atoms with Gasteiger partial charge in [-0.1, -0.05) is 30.8 Å². The summed E-state index contributed by atoms with van der Waals surface area (Å²) in [7, 11) is 0. The number of carbonyl (C=O) groups is 1. The van der Waals surface area contributed by atoms with Crippen molar-refractivity contribution in [2.75, 3.05) is 0 Å². The fourth-order valence-electron chi connectivity index (χ4n) is 2.92. The summed E-state index contributed by atoms with van der Waals surface area (Å²) >= 11 is 0. The van der Waals surface area contributed by atoms with E-state index in [4.69, 9.17) is 5.73 Å². The number of carbonyl (C=O) groups excluding carboxylic acids is 1. The maximum absolute atomic E-state index is 12.2. The molecule has 174 valence electrons. The zero-order valence-electron chi connectivity index (χ0n) is 18.2. The summed E-state index contributed by atoms with van der Waals surface area (Å²) < 4.78 is 30.5. The number of aromatic nitrogens is 5. The van der Waals surface area contributed by atoms with Crippen LogP contribution in [0.3, 0.4) is 0 Å². The highest BCUT2D eigenvalue weighted by atomic mass is 19.3. The Balaban J connectivity index is 0.000000215. The second-order valence-electron chi connectivity index (χ2n) is 7.96. The summed E-state index contributed by atoms with van der Waals surface area (Å²) in [5.74, 6) is -2.68. The second-order valence-corrected chi connectivity index (χ2v) is 7.96. The van der Waals surface area contributed by atoms with Crippen molar-refractivity contribution in [2.24, 2.45) is 5.73 Å². The van der Waals surface area contributed by atoms with Crippen LogP contribution in [0.25, 0.3) is 5.65 Å². The number of nitrogens with zero attached hydrogens (tertiary/aromatic N) is 5. The number of halogens is 2. The Labute approximate surface area is 184 Å². The fraction of sp³-hybridized carbons (Fsp3) is 0.571. The molecule has 0 bridgehead atoms. The predicted octanol–water partition coefficient (Wildman–Crippen LogP) is 3.57. The summed E-state index contributed by atoms with van der Waals surface area (Å²) in [5.41, 5.74) is 8.43. The van der Waals surface area contributed by atoms with Crippen molar-refractivity contribution in [1.29, 1.82) is 0 Å². The average molecular weight is 450 g/mol. The van der Waals surface area contributed by atoms with Gasteiger partial charge in [-0.25, -0.2) is 22.9 Å². The Hall–Kier alpha value is -2.95. The van der Waals surface area contributed by atoms with Crippen molar-refractivity contribution >= 4 is 11.6 Å². The van der Waals surface area contributed by atoms with E-state index in [1.165, 1.54) is 19.3 Å². The van der Waals surface area contributed by atoms with Gasteiger partial charge < -0.3 is 11.1 Å². The van der Waals surface area contributed by atoms with Crippen LogP contribution in [0.4, 0.5) is 8.78 Å². The number of hydrogen-bond donors (Lipinski definition) is 2. The lowest BCUT2D eigenvalue weighted by Gasteiger charge is -2.20. The maximum atomic E-state index is 12.2. The van der Waals surface area contributed by atoms with E-state index < -0.39 is 5.92 Å². The van der Waals surface area contributed by atoms with E-state index in [0.717, 1.165) is 12.0 Å². The average Bonchev–Trinajstić information content (AvgIpc) is 3.51. The molecule has 3 heterocycles. The van der Waals surface area contributed by atoms with Gasteiger partial charge in [0.25, 0.3) is 5.91 Å². The van der Waals surface area contributed by atoms with Crippen LogP contribution in [-0.4, -0.2) is 36.7 Å². The van der Waals surface area contributed by atoms with Crippen molar-refractivity contribution < 1.29 is 18.2 Å². The van der Waals surface area contributed by atoms with Crippen LogP contribution in [0.2, 0.25) is 0 Å². The van der Waals surface area contributed by atoms with Gasteiger partial charge in [-0.05, 0) is 36.6 Å². The minimum Gasteiger partial charge on any atom is -0.345 e. The minimum atomic E-state index is -2.32. The third-order valence-electron chi connectivity index (χ3n) is 4.90. The first-order valence-electron chi connectivity index (χ1n) is 10.9.